The fourth-order valence-corrected chi connectivity index (χ4v) is 0.864. The molecule has 0 aliphatic heterocycles. The zero-order chi connectivity index (χ0) is 8.81. The van der Waals surface area contributed by atoms with Crippen LogP contribution in [-0.2, 0) is 4.74 Å². The molecule has 0 aliphatic rings. The maximum atomic E-state index is 4.85. The van der Waals surface area contributed by atoms with Gasteiger partial charge in [-0.15, -0.1) is 0 Å². The number of hydrogen-bond acceptors (Lipinski definition) is 2. The van der Waals surface area contributed by atoms with E-state index in [2.05, 4.69) is 0 Å². The third-order valence-corrected chi connectivity index (χ3v) is 1.72. The molecule has 1 nitrogen and oxygen atoms in total. The first-order valence-electron chi connectivity index (χ1n) is 3.64. The smallest absolute Gasteiger partial charge is 0.183 e. The van der Waals surface area contributed by atoms with E-state index in [0.717, 1.165) is 5.56 Å². The highest BCUT2D eigenvalue weighted by molar-refractivity contribution is 7.80. The van der Waals surface area contributed by atoms with Gasteiger partial charge in [-0.2, -0.15) is 0 Å². The van der Waals surface area contributed by atoms with E-state index in [9.17, 15) is 0 Å². The Balaban J connectivity index is 2.64. The lowest BCUT2D eigenvalue weighted by molar-refractivity contribution is 0.418. The molecule has 0 fully saturated rings. The monoisotopic (exact) mass is 178 g/mol. The first kappa shape index (κ1) is 8.94. The molecule has 0 bridgehead atoms. The zero-order valence-electron chi connectivity index (χ0n) is 6.86. The van der Waals surface area contributed by atoms with E-state index in [4.69, 9.17) is 17.0 Å². The molecule has 0 radical (unpaired) electrons. The van der Waals surface area contributed by atoms with Crippen molar-refractivity contribution in [3.63, 3.8) is 0 Å². The normalized spacial score (nSPS) is 10.1. The van der Waals surface area contributed by atoms with E-state index in [1.54, 1.807) is 13.2 Å². The molecule has 1 rings (SSSR count). The van der Waals surface area contributed by atoms with Gasteiger partial charge in [0.2, 0.25) is 0 Å². The Morgan fingerprint density at radius 1 is 1.33 bits per heavy atom. The Morgan fingerprint density at radius 3 is 2.58 bits per heavy atom. The summed E-state index contributed by atoms with van der Waals surface area (Å²) in [6.45, 7) is 0. The molecule has 0 spiro atoms. The van der Waals surface area contributed by atoms with Gasteiger partial charge in [0.05, 0.1) is 7.11 Å². The van der Waals surface area contributed by atoms with E-state index in [-0.39, 0.29) is 0 Å². The summed E-state index contributed by atoms with van der Waals surface area (Å²) in [5.74, 6) is 0. The van der Waals surface area contributed by atoms with E-state index >= 15 is 0 Å². The first-order chi connectivity index (χ1) is 5.83. The van der Waals surface area contributed by atoms with Crippen LogP contribution < -0.4 is 0 Å². The van der Waals surface area contributed by atoms with Crippen molar-refractivity contribution < 1.29 is 4.74 Å². The van der Waals surface area contributed by atoms with E-state index in [1.807, 2.05) is 36.4 Å². The van der Waals surface area contributed by atoms with Crippen molar-refractivity contribution in [1.29, 1.82) is 0 Å². The number of hydrogen-bond donors (Lipinski definition) is 0. The first-order valence-corrected chi connectivity index (χ1v) is 4.05. The molecule has 0 amide bonds. The lowest BCUT2D eigenvalue weighted by Crippen LogP contribution is -1.89. The molecule has 0 unspecified atom stereocenters. The highest BCUT2D eigenvalue weighted by atomic mass is 32.1. The van der Waals surface area contributed by atoms with Crippen molar-refractivity contribution in [2.45, 2.75) is 0 Å². The number of benzene rings is 1. The maximum Gasteiger partial charge on any atom is 0.183 e. The van der Waals surface area contributed by atoms with Gasteiger partial charge in [-0.25, -0.2) is 0 Å². The van der Waals surface area contributed by atoms with Crippen LogP contribution in [0.1, 0.15) is 5.56 Å². The zero-order valence-corrected chi connectivity index (χ0v) is 7.67. The summed E-state index contributed by atoms with van der Waals surface area (Å²) >= 11 is 4.85. The second-order valence-corrected chi connectivity index (χ2v) is 2.67. The Kier molecular flexibility index (Phi) is 3.48. The molecule has 0 aliphatic carbocycles. The molecule has 1 aromatic rings. The van der Waals surface area contributed by atoms with Gasteiger partial charge < -0.3 is 4.74 Å². The Labute approximate surface area is 77.7 Å². The maximum absolute atomic E-state index is 4.85. The standard InChI is InChI=1S/C10H10OS/c1-11-10(12)8-7-9-5-3-2-4-6-9/h2-8H,1H3/b8-7+. The third kappa shape index (κ3) is 2.84. The van der Waals surface area contributed by atoms with Crippen molar-refractivity contribution in [3.8, 4) is 0 Å². The molecule has 0 atom stereocenters. The van der Waals surface area contributed by atoms with Gasteiger partial charge in [0.1, 0.15) is 0 Å². The summed E-state index contributed by atoms with van der Waals surface area (Å²) < 4.78 is 4.82. The van der Waals surface area contributed by atoms with E-state index in [1.165, 1.54) is 0 Å². The molecular weight excluding hydrogens is 168 g/mol. The predicted molar refractivity (Wildman–Crippen MR) is 55.1 cm³/mol. The fourth-order valence-electron chi connectivity index (χ4n) is 0.796. The molecule has 0 N–H and O–H groups in total. The predicted octanol–water partition coefficient (Wildman–Crippen LogP) is 2.67. The number of rotatable bonds is 2. The van der Waals surface area contributed by atoms with Gasteiger partial charge in [-0.05, 0) is 23.9 Å². The molecule has 0 saturated heterocycles. The SMILES string of the molecule is COC(=S)/C=C/c1ccccc1. The van der Waals surface area contributed by atoms with Crippen molar-refractivity contribution in [1.82, 2.24) is 0 Å². The van der Waals surface area contributed by atoms with Crippen LogP contribution in [0.25, 0.3) is 6.08 Å². The van der Waals surface area contributed by atoms with Crippen LogP contribution in [0.15, 0.2) is 36.4 Å². The minimum atomic E-state index is 0.499. The van der Waals surface area contributed by atoms with Gasteiger partial charge in [-0.1, -0.05) is 36.4 Å². The Bertz CT molecular complexity index is 277. The molecule has 1 aromatic carbocycles. The minimum absolute atomic E-state index is 0.499. The van der Waals surface area contributed by atoms with E-state index in [0.29, 0.717) is 5.05 Å². The van der Waals surface area contributed by atoms with Crippen LogP contribution in [0.4, 0.5) is 0 Å². The molecule has 0 heterocycles. The lowest BCUT2D eigenvalue weighted by Gasteiger charge is -1.93. The summed E-state index contributed by atoms with van der Waals surface area (Å²) in [6, 6.07) is 9.96. The summed E-state index contributed by atoms with van der Waals surface area (Å²) in [5.41, 5.74) is 1.12. The molecule has 0 saturated carbocycles. The molecule has 2 heteroatoms. The molecule has 12 heavy (non-hydrogen) atoms. The topological polar surface area (TPSA) is 9.23 Å². The number of thiocarbonyl (C=S) groups is 1. The molecule has 62 valence electrons. The second kappa shape index (κ2) is 4.67. The van der Waals surface area contributed by atoms with Gasteiger partial charge in [0, 0.05) is 0 Å². The Morgan fingerprint density at radius 2 is 2.00 bits per heavy atom. The third-order valence-electron chi connectivity index (χ3n) is 1.41. The lowest BCUT2D eigenvalue weighted by atomic mass is 10.2. The summed E-state index contributed by atoms with van der Waals surface area (Å²) in [5, 5.41) is 0.499. The molecule has 0 aromatic heterocycles. The summed E-state index contributed by atoms with van der Waals surface area (Å²) in [4.78, 5) is 0. The van der Waals surface area contributed by atoms with Crippen LogP contribution in [0.3, 0.4) is 0 Å². The fraction of sp³-hybridized carbons (Fsp3) is 0.100. The summed E-state index contributed by atoms with van der Waals surface area (Å²) in [6.07, 6.45) is 3.69. The van der Waals surface area contributed by atoms with Gasteiger partial charge in [-0.3, -0.25) is 0 Å². The minimum Gasteiger partial charge on any atom is -0.487 e. The largest absolute Gasteiger partial charge is 0.487 e. The van der Waals surface area contributed by atoms with Crippen molar-refractivity contribution in [2.24, 2.45) is 0 Å². The van der Waals surface area contributed by atoms with Crippen molar-refractivity contribution >= 4 is 23.3 Å². The van der Waals surface area contributed by atoms with Gasteiger partial charge >= 0.3 is 0 Å². The van der Waals surface area contributed by atoms with Gasteiger partial charge in [0.25, 0.3) is 0 Å². The van der Waals surface area contributed by atoms with Crippen molar-refractivity contribution in [2.75, 3.05) is 7.11 Å². The van der Waals surface area contributed by atoms with Gasteiger partial charge in [0.15, 0.2) is 5.05 Å². The highest BCUT2D eigenvalue weighted by Crippen LogP contribution is 2.01. The van der Waals surface area contributed by atoms with Crippen molar-refractivity contribution in [3.05, 3.63) is 42.0 Å². The Hall–Kier alpha value is -1.15. The van der Waals surface area contributed by atoms with E-state index < -0.39 is 0 Å². The van der Waals surface area contributed by atoms with Crippen LogP contribution in [0.2, 0.25) is 0 Å². The average Bonchev–Trinajstić information content (AvgIpc) is 2.16. The molecular formula is C10H10OS. The average molecular weight is 178 g/mol. The second-order valence-electron chi connectivity index (χ2n) is 2.27. The quantitative estimate of drug-likeness (QED) is 0.508. The van der Waals surface area contributed by atoms with Crippen LogP contribution in [-0.4, -0.2) is 12.2 Å². The summed E-state index contributed by atoms with van der Waals surface area (Å²) in [7, 11) is 1.57. The van der Waals surface area contributed by atoms with Crippen LogP contribution >= 0.6 is 12.2 Å². The highest BCUT2D eigenvalue weighted by Gasteiger charge is 1.85. The number of methoxy groups -OCH3 is 1. The van der Waals surface area contributed by atoms with Crippen LogP contribution in [0.5, 0.6) is 0 Å². The number of ether oxygens (including phenoxy) is 1. The van der Waals surface area contributed by atoms with Crippen LogP contribution in [0, 0.1) is 0 Å².